The zero-order chi connectivity index (χ0) is 45.8. The maximum Gasteiger partial charge on any atom is 0.472 e. The Balaban J connectivity index is 3.89. The third kappa shape index (κ3) is 51.6. The summed E-state index contributed by atoms with van der Waals surface area (Å²) >= 11 is 0. The Labute approximate surface area is 390 Å². The van der Waals surface area contributed by atoms with Gasteiger partial charge >= 0.3 is 13.8 Å². The quantitative estimate of drug-likeness (QED) is 0.0268. The van der Waals surface area contributed by atoms with E-state index in [2.05, 4.69) is 50.3 Å². The predicted molar refractivity (Wildman–Crippen MR) is 270 cm³/mol. The van der Waals surface area contributed by atoms with Gasteiger partial charge in [0.2, 0.25) is 0 Å². The van der Waals surface area contributed by atoms with Crippen LogP contribution in [-0.2, 0) is 27.9 Å². The molecule has 0 radical (unpaired) electrons. The molecular formula is C54H104NO7P. The monoisotopic (exact) mass is 910 g/mol. The number of unbranched alkanes of at least 4 members (excludes halogenated alkanes) is 33. The highest BCUT2D eigenvalue weighted by molar-refractivity contribution is 7.47. The van der Waals surface area contributed by atoms with E-state index in [1.54, 1.807) is 0 Å². The van der Waals surface area contributed by atoms with Crippen LogP contribution in [0.25, 0.3) is 0 Å². The van der Waals surface area contributed by atoms with E-state index in [1.165, 1.54) is 205 Å². The number of phosphoric ester groups is 1. The summed E-state index contributed by atoms with van der Waals surface area (Å²) in [4.78, 5) is 22.6. The Morgan fingerprint density at radius 1 is 0.476 bits per heavy atom. The average Bonchev–Trinajstić information content (AvgIpc) is 3.28. The molecule has 372 valence electrons. The van der Waals surface area contributed by atoms with E-state index in [9.17, 15) is 14.3 Å². The molecule has 8 nitrogen and oxygen atoms in total. The van der Waals surface area contributed by atoms with Crippen LogP contribution in [0.4, 0.5) is 0 Å². The molecule has 0 rings (SSSR count). The lowest BCUT2D eigenvalue weighted by molar-refractivity contribution is -0.154. The highest BCUT2D eigenvalue weighted by Gasteiger charge is 2.25. The standard InChI is InChI=1S/C54H104NO7P/c1-3-5-7-9-11-13-15-17-19-21-23-24-25-26-27-28-29-31-33-35-37-39-41-43-45-47-54(56)62-53(52-61-63(57,58)60-50-48-55)51-59-49-46-44-42-40-38-36-34-32-30-22-20-18-16-14-12-10-8-6-4-2/h14,16,20-23,53H,3-13,15,17-19,24-52,55H2,1-2H3,(H,57,58)/b16-14-,22-20-,23-21-. The van der Waals surface area contributed by atoms with Gasteiger partial charge in [-0.15, -0.1) is 0 Å². The number of phosphoric acid groups is 1. The van der Waals surface area contributed by atoms with Crippen molar-refractivity contribution in [3.63, 3.8) is 0 Å². The summed E-state index contributed by atoms with van der Waals surface area (Å²) in [7, 11) is -4.28. The second kappa shape index (κ2) is 51.7. The van der Waals surface area contributed by atoms with E-state index in [0.717, 1.165) is 38.5 Å². The van der Waals surface area contributed by atoms with Crippen LogP contribution in [-0.4, -0.2) is 49.9 Å². The van der Waals surface area contributed by atoms with Gasteiger partial charge in [-0.25, -0.2) is 4.57 Å². The van der Waals surface area contributed by atoms with Gasteiger partial charge < -0.3 is 20.1 Å². The minimum Gasteiger partial charge on any atom is -0.457 e. The van der Waals surface area contributed by atoms with E-state index in [4.69, 9.17) is 24.3 Å². The van der Waals surface area contributed by atoms with Gasteiger partial charge in [0.1, 0.15) is 6.10 Å². The molecule has 0 bridgehead atoms. The number of ether oxygens (including phenoxy) is 2. The van der Waals surface area contributed by atoms with Crippen LogP contribution in [0.5, 0.6) is 0 Å². The fourth-order valence-corrected chi connectivity index (χ4v) is 8.55. The van der Waals surface area contributed by atoms with Crippen molar-refractivity contribution in [3.8, 4) is 0 Å². The number of hydrogen-bond acceptors (Lipinski definition) is 7. The molecule has 0 aliphatic rings. The van der Waals surface area contributed by atoms with E-state index < -0.39 is 13.9 Å². The summed E-state index contributed by atoms with van der Waals surface area (Å²) in [6.07, 6.45) is 61.8. The Hall–Kier alpha value is -1.28. The molecule has 0 saturated carbocycles. The maximum absolute atomic E-state index is 12.7. The molecule has 0 aliphatic carbocycles. The zero-order valence-corrected chi connectivity index (χ0v) is 42.5. The first-order valence-electron chi connectivity index (χ1n) is 27.0. The number of esters is 1. The van der Waals surface area contributed by atoms with E-state index in [1.807, 2.05) is 0 Å². The number of rotatable bonds is 52. The van der Waals surface area contributed by atoms with Crippen LogP contribution in [0, 0.1) is 0 Å². The zero-order valence-electron chi connectivity index (χ0n) is 41.6. The third-order valence-electron chi connectivity index (χ3n) is 11.8. The first-order chi connectivity index (χ1) is 30.9. The van der Waals surface area contributed by atoms with Crippen molar-refractivity contribution >= 4 is 13.8 Å². The summed E-state index contributed by atoms with van der Waals surface area (Å²) < 4.78 is 33.6. The van der Waals surface area contributed by atoms with Gasteiger partial charge in [0.25, 0.3) is 0 Å². The minimum absolute atomic E-state index is 0.0958. The van der Waals surface area contributed by atoms with Gasteiger partial charge in [0.05, 0.1) is 19.8 Å². The molecule has 0 aromatic rings. The molecule has 0 aliphatic heterocycles. The summed E-state index contributed by atoms with van der Waals surface area (Å²) in [6.45, 7) is 4.94. The van der Waals surface area contributed by atoms with Crippen molar-refractivity contribution in [1.82, 2.24) is 0 Å². The smallest absolute Gasteiger partial charge is 0.457 e. The van der Waals surface area contributed by atoms with Crippen LogP contribution in [0.15, 0.2) is 36.5 Å². The van der Waals surface area contributed by atoms with Gasteiger partial charge in [-0.3, -0.25) is 13.8 Å². The molecule has 0 fully saturated rings. The highest BCUT2D eigenvalue weighted by Crippen LogP contribution is 2.43. The van der Waals surface area contributed by atoms with Crippen LogP contribution in [0.3, 0.4) is 0 Å². The molecule has 9 heteroatoms. The molecular weight excluding hydrogens is 806 g/mol. The number of allylic oxidation sites excluding steroid dienone is 6. The summed E-state index contributed by atoms with van der Waals surface area (Å²) in [5.74, 6) is -0.329. The summed E-state index contributed by atoms with van der Waals surface area (Å²) in [6, 6.07) is 0. The van der Waals surface area contributed by atoms with Crippen LogP contribution < -0.4 is 5.73 Å². The van der Waals surface area contributed by atoms with Crippen molar-refractivity contribution < 1.29 is 32.8 Å². The number of nitrogens with two attached hydrogens (primary N) is 1. The molecule has 63 heavy (non-hydrogen) atoms. The van der Waals surface area contributed by atoms with Gasteiger partial charge in [0.15, 0.2) is 0 Å². The summed E-state index contributed by atoms with van der Waals surface area (Å²) in [5.41, 5.74) is 5.39. The normalized spacial score (nSPS) is 13.5. The minimum atomic E-state index is -4.28. The topological polar surface area (TPSA) is 117 Å². The van der Waals surface area contributed by atoms with Crippen molar-refractivity contribution in [2.75, 3.05) is 33.0 Å². The van der Waals surface area contributed by atoms with E-state index in [-0.39, 0.29) is 32.3 Å². The van der Waals surface area contributed by atoms with Gasteiger partial charge in [-0.05, 0) is 70.6 Å². The van der Waals surface area contributed by atoms with Crippen molar-refractivity contribution in [2.45, 2.75) is 270 Å². The maximum atomic E-state index is 12.7. The first-order valence-corrected chi connectivity index (χ1v) is 28.5. The van der Waals surface area contributed by atoms with Crippen LogP contribution in [0.2, 0.25) is 0 Å². The van der Waals surface area contributed by atoms with Crippen LogP contribution >= 0.6 is 7.82 Å². The molecule has 2 atom stereocenters. The summed E-state index contributed by atoms with van der Waals surface area (Å²) in [5, 5.41) is 0. The molecule has 2 unspecified atom stereocenters. The molecule has 0 heterocycles. The highest BCUT2D eigenvalue weighted by atomic mass is 31.2. The van der Waals surface area contributed by atoms with E-state index in [0.29, 0.717) is 13.0 Å². The van der Waals surface area contributed by atoms with Crippen molar-refractivity contribution in [2.24, 2.45) is 5.73 Å². The van der Waals surface area contributed by atoms with Crippen LogP contribution in [0.1, 0.15) is 264 Å². The second-order valence-electron chi connectivity index (χ2n) is 18.1. The number of carbonyl (C=O) groups excluding carboxylic acids is 1. The largest absolute Gasteiger partial charge is 0.472 e. The van der Waals surface area contributed by atoms with Gasteiger partial charge in [-0.1, -0.05) is 224 Å². The fourth-order valence-electron chi connectivity index (χ4n) is 7.79. The fraction of sp³-hybridized carbons (Fsp3) is 0.870. The molecule has 0 aromatic carbocycles. The number of carbonyl (C=O) groups is 1. The molecule has 0 aromatic heterocycles. The first kappa shape index (κ1) is 61.7. The Kier molecular flexibility index (Phi) is 50.7. The molecule has 0 saturated heterocycles. The number of hydrogen-bond donors (Lipinski definition) is 2. The molecule has 3 N–H and O–H groups in total. The Morgan fingerprint density at radius 2 is 0.841 bits per heavy atom. The second-order valence-corrected chi connectivity index (χ2v) is 19.5. The van der Waals surface area contributed by atoms with Crippen molar-refractivity contribution in [3.05, 3.63) is 36.5 Å². The lowest BCUT2D eigenvalue weighted by Crippen LogP contribution is -2.28. The average molecular weight is 910 g/mol. The molecule has 0 spiro atoms. The third-order valence-corrected chi connectivity index (χ3v) is 12.8. The Bertz CT molecular complexity index is 1070. The predicted octanol–water partition coefficient (Wildman–Crippen LogP) is 16.9. The van der Waals surface area contributed by atoms with Gasteiger partial charge in [-0.2, -0.15) is 0 Å². The van der Waals surface area contributed by atoms with Crippen molar-refractivity contribution in [1.29, 1.82) is 0 Å². The lowest BCUT2D eigenvalue weighted by Gasteiger charge is -2.20. The van der Waals surface area contributed by atoms with Gasteiger partial charge in [0, 0.05) is 19.6 Å². The SMILES string of the molecule is CCCCCC/C=C\C/C=C\CCCCCCCCCCOCC(COP(=O)(O)OCCN)OC(=O)CCCCCCCCCCCCCCC/C=C\CCCCCCCCCC. The lowest BCUT2D eigenvalue weighted by atomic mass is 10.0. The van der Waals surface area contributed by atoms with E-state index >= 15 is 0 Å². The molecule has 0 amide bonds. The Morgan fingerprint density at radius 3 is 1.27 bits per heavy atom.